The first-order valence-corrected chi connectivity index (χ1v) is 7.14. The maximum absolute atomic E-state index is 13.3. The fourth-order valence-electron chi connectivity index (χ4n) is 2.98. The van der Waals surface area contributed by atoms with Gasteiger partial charge in [-0.2, -0.15) is 0 Å². The van der Waals surface area contributed by atoms with E-state index in [0.717, 1.165) is 25.9 Å². The molecule has 1 aromatic carbocycles. The Morgan fingerprint density at radius 1 is 1.20 bits per heavy atom. The van der Waals surface area contributed by atoms with Gasteiger partial charge in [-0.1, -0.05) is 6.07 Å². The van der Waals surface area contributed by atoms with Gasteiger partial charge in [0.25, 0.3) is 0 Å². The lowest BCUT2D eigenvalue weighted by Crippen LogP contribution is -2.55. The van der Waals surface area contributed by atoms with E-state index in [9.17, 15) is 9.18 Å². The minimum atomic E-state index is -0.302. The van der Waals surface area contributed by atoms with Gasteiger partial charge in [0.2, 0.25) is 5.91 Å². The Balaban J connectivity index is 1.77. The SMILES string of the molecule is O=C1C(N2CCOCC2)CCCN1c1cccc(F)c1. The topological polar surface area (TPSA) is 32.8 Å². The standard InChI is InChI=1S/C15H19FN2O2/c16-12-3-1-4-13(11-12)18-6-2-5-14(15(18)19)17-7-9-20-10-8-17/h1,3-4,11,14H,2,5-10H2. The largest absolute Gasteiger partial charge is 0.379 e. The maximum Gasteiger partial charge on any atom is 0.244 e. The van der Waals surface area contributed by atoms with Crippen LogP contribution in [-0.4, -0.2) is 49.7 Å². The highest BCUT2D eigenvalue weighted by molar-refractivity contribution is 5.97. The normalized spacial score (nSPS) is 24.9. The molecule has 1 atom stereocenters. The van der Waals surface area contributed by atoms with E-state index in [-0.39, 0.29) is 17.8 Å². The van der Waals surface area contributed by atoms with Gasteiger partial charge in [0.1, 0.15) is 5.82 Å². The van der Waals surface area contributed by atoms with Crippen LogP contribution in [0.4, 0.5) is 10.1 Å². The molecule has 0 aromatic heterocycles. The zero-order valence-electron chi connectivity index (χ0n) is 11.4. The molecule has 2 saturated heterocycles. The molecule has 0 bridgehead atoms. The fraction of sp³-hybridized carbons (Fsp3) is 0.533. The number of carbonyl (C=O) groups is 1. The summed E-state index contributed by atoms with van der Waals surface area (Å²) in [5.74, 6) is -0.215. The number of hydrogen-bond donors (Lipinski definition) is 0. The van der Waals surface area contributed by atoms with Crippen LogP contribution in [-0.2, 0) is 9.53 Å². The number of rotatable bonds is 2. The summed E-state index contributed by atoms with van der Waals surface area (Å²) in [4.78, 5) is 16.6. The second-order valence-corrected chi connectivity index (χ2v) is 5.28. The average Bonchev–Trinajstić information content (AvgIpc) is 2.48. The molecule has 1 aromatic rings. The number of piperidine rings is 1. The maximum atomic E-state index is 13.3. The van der Waals surface area contributed by atoms with Gasteiger partial charge in [-0.15, -0.1) is 0 Å². The van der Waals surface area contributed by atoms with Crippen molar-refractivity contribution in [3.05, 3.63) is 30.1 Å². The van der Waals surface area contributed by atoms with Crippen molar-refractivity contribution in [3.8, 4) is 0 Å². The third-order valence-electron chi connectivity index (χ3n) is 4.02. The summed E-state index contributed by atoms with van der Waals surface area (Å²) < 4.78 is 18.7. The number of hydrogen-bond acceptors (Lipinski definition) is 3. The van der Waals surface area contributed by atoms with Crippen molar-refractivity contribution in [2.24, 2.45) is 0 Å². The first-order chi connectivity index (χ1) is 9.75. The average molecular weight is 278 g/mol. The van der Waals surface area contributed by atoms with Crippen LogP contribution in [0.2, 0.25) is 0 Å². The van der Waals surface area contributed by atoms with Gasteiger partial charge in [0, 0.05) is 25.3 Å². The second-order valence-electron chi connectivity index (χ2n) is 5.28. The number of benzene rings is 1. The molecule has 2 aliphatic rings. The van der Waals surface area contributed by atoms with Crippen LogP contribution in [0.25, 0.3) is 0 Å². The smallest absolute Gasteiger partial charge is 0.244 e. The van der Waals surface area contributed by atoms with Crippen LogP contribution in [0.15, 0.2) is 24.3 Å². The zero-order chi connectivity index (χ0) is 13.9. The molecule has 1 unspecified atom stereocenters. The number of halogens is 1. The predicted molar refractivity (Wildman–Crippen MR) is 74.2 cm³/mol. The van der Waals surface area contributed by atoms with Crippen molar-refractivity contribution < 1.29 is 13.9 Å². The Kier molecular flexibility index (Phi) is 3.98. The molecule has 0 aliphatic carbocycles. The van der Waals surface area contributed by atoms with Crippen LogP contribution in [0.5, 0.6) is 0 Å². The number of anilines is 1. The van der Waals surface area contributed by atoms with Gasteiger partial charge in [-0.05, 0) is 31.0 Å². The number of amides is 1. The molecule has 0 N–H and O–H groups in total. The van der Waals surface area contributed by atoms with Gasteiger partial charge in [-0.25, -0.2) is 4.39 Å². The third-order valence-corrected chi connectivity index (χ3v) is 4.02. The molecular weight excluding hydrogens is 259 g/mol. The summed E-state index contributed by atoms with van der Waals surface area (Å²) in [6, 6.07) is 6.19. The summed E-state index contributed by atoms with van der Waals surface area (Å²) in [5.41, 5.74) is 0.660. The van der Waals surface area contributed by atoms with Crippen molar-refractivity contribution in [3.63, 3.8) is 0 Å². The minimum Gasteiger partial charge on any atom is -0.379 e. The Labute approximate surface area is 118 Å². The summed E-state index contributed by atoms with van der Waals surface area (Å²) in [6.07, 6.45) is 1.83. The Morgan fingerprint density at radius 2 is 2.00 bits per heavy atom. The van der Waals surface area contributed by atoms with Crippen LogP contribution >= 0.6 is 0 Å². The molecule has 2 heterocycles. The van der Waals surface area contributed by atoms with Gasteiger partial charge in [0.05, 0.1) is 19.3 Å². The molecule has 1 amide bonds. The minimum absolute atomic E-state index is 0.0868. The van der Waals surface area contributed by atoms with E-state index in [1.54, 1.807) is 17.0 Å². The summed E-state index contributed by atoms with van der Waals surface area (Å²) in [5, 5.41) is 0. The van der Waals surface area contributed by atoms with E-state index in [4.69, 9.17) is 4.74 Å². The lowest BCUT2D eigenvalue weighted by molar-refractivity contribution is -0.127. The first-order valence-electron chi connectivity index (χ1n) is 7.14. The molecule has 3 rings (SSSR count). The van der Waals surface area contributed by atoms with E-state index in [1.807, 2.05) is 0 Å². The van der Waals surface area contributed by atoms with Crippen molar-refractivity contribution in [1.82, 2.24) is 4.90 Å². The molecule has 5 heteroatoms. The zero-order valence-corrected chi connectivity index (χ0v) is 11.4. The molecule has 20 heavy (non-hydrogen) atoms. The Bertz CT molecular complexity index is 489. The molecule has 2 aliphatic heterocycles. The molecule has 2 fully saturated rings. The highest BCUT2D eigenvalue weighted by atomic mass is 19.1. The van der Waals surface area contributed by atoms with E-state index >= 15 is 0 Å². The first kappa shape index (κ1) is 13.5. The van der Waals surface area contributed by atoms with Crippen LogP contribution < -0.4 is 4.90 Å². The quantitative estimate of drug-likeness (QED) is 0.824. The van der Waals surface area contributed by atoms with E-state index in [1.165, 1.54) is 12.1 Å². The summed E-state index contributed by atoms with van der Waals surface area (Å²) in [6.45, 7) is 3.64. The highest BCUT2D eigenvalue weighted by Crippen LogP contribution is 2.24. The number of nitrogens with zero attached hydrogens (tertiary/aromatic N) is 2. The number of ether oxygens (including phenoxy) is 1. The molecule has 0 saturated carbocycles. The Morgan fingerprint density at radius 3 is 2.75 bits per heavy atom. The van der Waals surface area contributed by atoms with Gasteiger partial charge in [0.15, 0.2) is 0 Å². The van der Waals surface area contributed by atoms with Crippen molar-refractivity contribution in [2.45, 2.75) is 18.9 Å². The predicted octanol–water partition coefficient (Wildman–Crippen LogP) is 1.65. The van der Waals surface area contributed by atoms with Crippen LogP contribution in [0.3, 0.4) is 0 Å². The highest BCUT2D eigenvalue weighted by Gasteiger charge is 2.34. The lowest BCUT2D eigenvalue weighted by atomic mass is 10.0. The monoisotopic (exact) mass is 278 g/mol. The van der Waals surface area contributed by atoms with Gasteiger partial charge < -0.3 is 9.64 Å². The van der Waals surface area contributed by atoms with E-state index in [2.05, 4.69) is 4.90 Å². The molecule has 0 radical (unpaired) electrons. The van der Waals surface area contributed by atoms with Crippen molar-refractivity contribution in [1.29, 1.82) is 0 Å². The van der Waals surface area contributed by atoms with Gasteiger partial charge in [-0.3, -0.25) is 9.69 Å². The van der Waals surface area contributed by atoms with Crippen LogP contribution in [0.1, 0.15) is 12.8 Å². The summed E-state index contributed by atoms with van der Waals surface area (Å²) in [7, 11) is 0. The van der Waals surface area contributed by atoms with Crippen LogP contribution in [0, 0.1) is 5.82 Å². The van der Waals surface area contributed by atoms with Crippen molar-refractivity contribution in [2.75, 3.05) is 37.7 Å². The molecule has 4 nitrogen and oxygen atoms in total. The number of carbonyl (C=O) groups excluding carboxylic acids is 1. The van der Waals surface area contributed by atoms with Crippen molar-refractivity contribution >= 4 is 11.6 Å². The van der Waals surface area contributed by atoms with E-state index < -0.39 is 0 Å². The lowest BCUT2D eigenvalue weighted by Gasteiger charge is -2.39. The van der Waals surface area contributed by atoms with E-state index in [0.29, 0.717) is 25.4 Å². The van der Waals surface area contributed by atoms with Gasteiger partial charge >= 0.3 is 0 Å². The fourth-order valence-corrected chi connectivity index (χ4v) is 2.98. The second kappa shape index (κ2) is 5.89. The Hall–Kier alpha value is -1.46. The molecular formula is C15H19FN2O2. The summed E-state index contributed by atoms with van der Waals surface area (Å²) >= 11 is 0. The number of morpholine rings is 1. The molecule has 0 spiro atoms. The molecule has 108 valence electrons. The third kappa shape index (κ3) is 2.69.